The maximum Gasteiger partial charge on any atom is 0.261 e. The Morgan fingerprint density at radius 2 is 1.47 bits per heavy atom. The summed E-state index contributed by atoms with van der Waals surface area (Å²) < 4.78 is 7.36. The zero-order chi connectivity index (χ0) is 26.8. The first-order chi connectivity index (χ1) is 18.3. The van der Waals surface area contributed by atoms with Gasteiger partial charge in [-0.15, -0.1) is 11.3 Å². The number of benzene rings is 3. The Labute approximate surface area is 233 Å². The highest BCUT2D eigenvalue weighted by Gasteiger charge is 2.56. The van der Waals surface area contributed by atoms with Gasteiger partial charge in [-0.3, -0.25) is 0 Å². The fourth-order valence-electron chi connectivity index (χ4n) is 5.94. The van der Waals surface area contributed by atoms with E-state index in [1.54, 1.807) is 0 Å². The molecule has 1 aromatic heterocycles. The van der Waals surface area contributed by atoms with Crippen LogP contribution in [0.1, 0.15) is 55.3 Å². The standard InChI is InChI=1S/C34H39NOSSi/c1-6-32-35-26(2)31(37-32)22-23-34(27-16-10-7-11-17-27)24-28(34)25-36-38(33(3,4)5,29-18-12-8-13-19-29)30-20-14-9-15-21-30/h7-23,28H,6,24-25H2,1-5H3. The molecular weight excluding hydrogens is 499 g/mol. The second-order valence-electron chi connectivity index (χ2n) is 11.5. The first-order valence-electron chi connectivity index (χ1n) is 13.8. The van der Waals surface area contributed by atoms with Crippen molar-refractivity contribution >= 4 is 36.1 Å². The van der Waals surface area contributed by atoms with Crippen molar-refractivity contribution in [3.05, 3.63) is 118 Å². The summed E-state index contributed by atoms with van der Waals surface area (Å²) in [7, 11) is -2.57. The van der Waals surface area contributed by atoms with Crippen molar-refractivity contribution < 1.29 is 4.43 Å². The van der Waals surface area contributed by atoms with Crippen LogP contribution < -0.4 is 10.4 Å². The van der Waals surface area contributed by atoms with Gasteiger partial charge in [0, 0.05) is 16.9 Å². The molecular formula is C34H39NOSSi. The molecule has 2 atom stereocenters. The van der Waals surface area contributed by atoms with Crippen LogP contribution in [0.5, 0.6) is 0 Å². The molecule has 2 nitrogen and oxygen atoms in total. The van der Waals surface area contributed by atoms with Crippen molar-refractivity contribution in [1.82, 2.24) is 4.98 Å². The van der Waals surface area contributed by atoms with Crippen LogP contribution in [0.3, 0.4) is 0 Å². The van der Waals surface area contributed by atoms with Gasteiger partial charge in [0.25, 0.3) is 8.32 Å². The van der Waals surface area contributed by atoms with E-state index in [0.717, 1.165) is 25.1 Å². The van der Waals surface area contributed by atoms with Gasteiger partial charge in [-0.25, -0.2) is 4.98 Å². The maximum absolute atomic E-state index is 7.36. The Morgan fingerprint density at radius 3 is 1.97 bits per heavy atom. The molecule has 4 heteroatoms. The summed E-state index contributed by atoms with van der Waals surface area (Å²) in [5.74, 6) is 0.432. The Bertz CT molecular complexity index is 1340. The van der Waals surface area contributed by atoms with Gasteiger partial charge in [0.1, 0.15) is 0 Å². The zero-order valence-corrected chi connectivity index (χ0v) is 25.1. The highest BCUT2D eigenvalue weighted by molar-refractivity contribution is 7.12. The minimum absolute atomic E-state index is 0.00450. The summed E-state index contributed by atoms with van der Waals surface area (Å²) >= 11 is 1.82. The molecule has 1 aliphatic carbocycles. The number of nitrogens with zero attached hydrogens (tertiary/aromatic N) is 1. The van der Waals surface area contributed by atoms with Crippen molar-refractivity contribution in [2.45, 2.75) is 57.9 Å². The van der Waals surface area contributed by atoms with Crippen LogP contribution >= 0.6 is 11.3 Å². The van der Waals surface area contributed by atoms with Gasteiger partial charge in [0.2, 0.25) is 0 Å². The van der Waals surface area contributed by atoms with E-state index in [0.29, 0.717) is 5.92 Å². The third kappa shape index (κ3) is 4.98. The average molecular weight is 538 g/mol. The van der Waals surface area contributed by atoms with Crippen molar-refractivity contribution in [2.24, 2.45) is 5.92 Å². The van der Waals surface area contributed by atoms with E-state index in [4.69, 9.17) is 9.41 Å². The van der Waals surface area contributed by atoms with Crippen LogP contribution in [0.2, 0.25) is 5.04 Å². The molecule has 0 N–H and O–H groups in total. The minimum atomic E-state index is -2.57. The van der Waals surface area contributed by atoms with Crippen molar-refractivity contribution in [1.29, 1.82) is 0 Å². The largest absolute Gasteiger partial charge is 0.407 e. The lowest BCUT2D eigenvalue weighted by Crippen LogP contribution is -2.66. The molecule has 4 aromatic rings. The van der Waals surface area contributed by atoms with Gasteiger partial charge in [-0.2, -0.15) is 0 Å². The van der Waals surface area contributed by atoms with Gasteiger partial charge >= 0.3 is 0 Å². The molecule has 1 aliphatic rings. The summed E-state index contributed by atoms with van der Waals surface area (Å²) in [6.07, 6.45) is 6.85. The van der Waals surface area contributed by atoms with E-state index >= 15 is 0 Å². The highest BCUT2D eigenvalue weighted by atomic mass is 32.1. The number of hydrogen-bond acceptors (Lipinski definition) is 3. The first kappa shape index (κ1) is 26.8. The molecule has 1 saturated carbocycles. The second kappa shape index (κ2) is 10.8. The van der Waals surface area contributed by atoms with Gasteiger partial charge in [-0.05, 0) is 52.7 Å². The van der Waals surface area contributed by atoms with E-state index in [1.165, 1.54) is 25.8 Å². The zero-order valence-electron chi connectivity index (χ0n) is 23.3. The first-order valence-corrected chi connectivity index (χ1v) is 16.5. The lowest BCUT2D eigenvalue weighted by atomic mass is 9.92. The predicted molar refractivity (Wildman–Crippen MR) is 165 cm³/mol. The van der Waals surface area contributed by atoms with Crippen LogP contribution in [-0.4, -0.2) is 19.9 Å². The molecule has 1 fully saturated rings. The molecule has 0 saturated heterocycles. The smallest absolute Gasteiger partial charge is 0.261 e. The molecule has 3 aromatic carbocycles. The summed E-state index contributed by atoms with van der Waals surface area (Å²) in [4.78, 5) is 6.03. The average Bonchev–Trinajstić information content (AvgIpc) is 3.53. The summed E-state index contributed by atoms with van der Waals surface area (Å²) in [6.45, 7) is 12.1. The van der Waals surface area contributed by atoms with Gasteiger partial charge in [0.05, 0.1) is 10.7 Å². The molecule has 0 amide bonds. The van der Waals surface area contributed by atoms with E-state index < -0.39 is 8.32 Å². The molecule has 0 radical (unpaired) electrons. The van der Waals surface area contributed by atoms with E-state index in [-0.39, 0.29) is 10.5 Å². The number of aryl methyl sites for hydroxylation is 2. The summed E-state index contributed by atoms with van der Waals surface area (Å²) in [5.41, 5.74) is 2.51. The molecule has 0 aliphatic heterocycles. The molecule has 0 bridgehead atoms. The van der Waals surface area contributed by atoms with Crippen LogP contribution in [0.25, 0.3) is 6.08 Å². The third-order valence-corrected chi connectivity index (χ3v) is 14.4. The van der Waals surface area contributed by atoms with E-state index in [9.17, 15) is 0 Å². The molecule has 196 valence electrons. The minimum Gasteiger partial charge on any atom is -0.407 e. The summed E-state index contributed by atoms with van der Waals surface area (Å²) in [6, 6.07) is 33.0. The topological polar surface area (TPSA) is 22.1 Å². The van der Waals surface area contributed by atoms with Crippen molar-refractivity contribution in [2.75, 3.05) is 6.61 Å². The van der Waals surface area contributed by atoms with Gasteiger partial charge < -0.3 is 4.43 Å². The maximum atomic E-state index is 7.36. The number of allylic oxidation sites excluding steroid dienone is 1. The van der Waals surface area contributed by atoms with Crippen molar-refractivity contribution in [3.8, 4) is 0 Å². The number of hydrogen-bond donors (Lipinski definition) is 0. The van der Waals surface area contributed by atoms with Gasteiger partial charge in [-0.1, -0.05) is 125 Å². The molecule has 38 heavy (non-hydrogen) atoms. The highest BCUT2D eigenvalue weighted by Crippen LogP contribution is 2.56. The fourth-order valence-corrected chi connectivity index (χ4v) is 11.5. The second-order valence-corrected chi connectivity index (χ2v) is 16.9. The number of rotatable bonds is 9. The molecule has 5 rings (SSSR count). The van der Waals surface area contributed by atoms with E-state index in [1.807, 2.05) is 11.3 Å². The normalized spacial score (nSPS) is 19.7. The third-order valence-electron chi connectivity index (χ3n) is 8.09. The van der Waals surface area contributed by atoms with Crippen LogP contribution in [0, 0.1) is 12.8 Å². The fraction of sp³-hybridized carbons (Fsp3) is 0.324. The van der Waals surface area contributed by atoms with Crippen LogP contribution in [-0.2, 0) is 16.3 Å². The quantitative estimate of drug-likeness (QED) is 0.206. The molecule has 0 spiro atoms. The van der Waals surface area contributed by atoms with Crippen molar-refractivity contribution in [3.63, 3.8) is 0 Å². The van der Waals surface area contributed by atoms with E-state index in [2.05, 4.69) is 138 Å². The summed E-state index contributed by atoms with van der Waals surface area (Å²) in [5, 5.41) is 3.87. The van der Waals surface area contributed by atoms with Crippen LogP contribution in [0.15, 0.2) is 97.1 Å². The Kier molecular flexibility index (Phi) is 7.59. The Morgan fingerprint density at radius 1 is 0.921 bits per heavy atom. The Balaban J connectivity index is 1.50. The lowest BCUT2D eigenvalue weighted by molar-refractivity contribution is 0.274. The number of aromatic nitrogens is 1. The SMILES string of the molecule is CCc1nc(C)c(C=CC2(c3ccccc3)CC2CO[Si](c2ccccc2)(c2ccccc2)C(C)(C)C)s1. The van der Waals surface area contributed by atoms with Gasteiger partial charge in [0.15, 0.2) is 0 Å². The lowest BCUT2D eigenvalue weighted by Gasteiger charge is -2.43. The monoisotopic (exact) mass is 537 g/mol. The number of thiazole rings is 1. The molecule has 1 heterocycles. The van der Waals surface area contributed by atoms with Crippen LogP contribution in [0.4, 0.5) is 0 Å². The predicted octanol–water partition coefficient (Wildman–Crippen LogP) is 7.56. The Hall–Kier alpha value is -2.79. The molecule has 2 unspecified atom stereocenters.